The van der Waals surface area contributed by atoms with Gasteiger partial charge in [-0.3, -0.25) is 4.55 Å². The second kappa shape index (κ2) is 5.44. The van der Waals surface area contributed by atoms with E-state index in [2.05, 4.69) is 0 Å². The normalized spacial score (nSPS) is 10.5. The standard InChI is InChI=1S/C10H7ClO3S.2H2O/c11-8-5-1-3-7-4-2-6-9(10(7)8)15(12,13)14;;/h1-6H,(H,12,13,14);2*1H2. The average molecular weight is 279 g/mol. The van der Waals surface area contributed by atoms with Crippen molar-refractivity contribution in [2.24, 2.45) is 0 Å². The van der Waals surface area contributed by atoms with Crippen LogP contribution in [0.1, 0.15) is 0 Å². The van der Waals surface area contributed by atoms with Gasteiger partial charge in [0.2, 0.25) is 0 Å². The van der Waals surface area contributed by atoms with E-state index in [4.69, 9.17) is 16.2 Å². The molecule has 0 atom stereocenters. The maximum atomic E-state index is 11.1. The summed E-state index contributed by atoms with van der Waals surface area (Å²) in [7, 11) is -4.24. The first kappa shape index (κ1) is 15.8. The third-order valence-electron chi connectivity index (χ3n) is 2.09. The second-order valence-electron chi connectivity index (χ2n) is 3.07. The highest BCUT2D eigenvalue weighted by molar-refractivity contribution is 7.86. The summed E-state index contributed by atoms with van der Waals surface area (Å²) >= 11 is 5.89. The van der Waals surface area contributed by atoms with Crippen LogP contribution in [0, 0.1) is 0 Å². The molecule has 2 rings (SSSR count). The summed E-state index contributed by atoms with van der Waals surface area (Å²) in [5.74, 6) is 0. The molecular formula is C10H11ClO5S. The SMILES string of the molecule is O.O.O=S(=O)(O)c1cccc2cccc(Cl)c12. The van der Waals surface area contributed by atoms with Gasteiger partial charge in [-0.05, 0) is 17.5 Å². The van der Waals surface area contributed by atoms with E-state index in [0.717, 1.165) is 0 Å². The minimum atomic E-state index is -4.24. The molecule has 7 heteroatoms. The van der Waals surface area contributed by atoms with E-state index in [9.17, 15) is 8.42 Å². The van der Waals surface area contributed by atoms with Crippen LogP contribution in [0.25, 0.3) is 10.8 Å². The Morgan fingerprint density at radius 3 is 2.06 bits per heavy atom. The number of hydrogen-bond acceptors (Lipinski definition) is 2. The van der Waals surface area contributed by atoms with E-state index < -0.39 is 10.1 Å². The van der Waals surface area contributed by atoms with E-state index in [0.29, 0.717) is 15.8 Å². The average Bonchev–Trinajstić information content (AvgIpc) is 2.16. The van der Waals surface area contributed by atoms with Crippen molar-refractivity contribution >= 4 is 32.5 Å². The summed E-state index contributed by atoms with van der Waals surface area (Å²) in [5.41, 5.74) is 0. The smallest absolute Gasteiger partial charge is 0.295 e. The lowest BCUT2D eigenvalue weighted by Gasteiger charge is -2.04. The molecule has 0 aliphatic rings. The number of halogens is 1. The summed E-state index contributed by atoms with van der Waals surface area (Å²) < 4.78 is 31.2. The lowest BCUT2D eigenvalue weighted by Crippen LogP contribution is -1.99. The molecule has 0 heterocycles. The molecular weight excluding hydrogens is 268 g/mol. The van der Waals surface area contributed by atoms with Crippen molar-refractivity contribution in [2.75, 3.05) is 0 Å². The molecule has 0 saturated heterocycles. The Morgan fingerprint density at radius 2 is 1.53 bits per heavy atom. The van der Waals surface area contributed by atoms with Crippen LogP contribution in [0.4, 0.5) is 0 Å². The van der Waals surface area contributed by atoms with Gasteiger partial charge >= 0.3 is 0 Å². The van der Waals surface area contributed by atoms with Crippen LogP contribution in [0.3, 0.4) is 0 Å². The fraction of sp³-hybridized carbons (Fsp3) is 0. The monoisotopic (exact) mass is 278 g/mol. The van der Waals surface area contributed by atoms with Crippen molar-refractivity contribution in [3.8, 4) is 0 Å². The maximum Gasteiger partial charge on any atom is 0.295 e. The van der Waals surface area contributed by atoms with Crippen LogP contribution in [0.2, 0.25) is 5.02 Å². The Balaban J connectivity index is 0.00000128. The predicted octanol–water partition coefficient (Wildman–Crippen LogP) is 1.09. The Hall–Kier alpha value is -1.18. The quantitative estimate of drug-likeness (QED) is 0.787. The van der Waals surface area contributed by atoms with Crippen molar-refractivity contribution in [2.45, 2.75) is 4.90 Å². The molecule has 0 bridgehead atoms. The summed E-state index contributed by atoms with van der Waals surface area (Å²) in [6.07, 6.45) is 0. The molecule has 2 aromatic carbocycles. The molecule has 0 aliphatic heterocycles. The molecule has 17 heavy (non-hydrogen) atoms. The highest BCUT2D eigenvalue weighted by Gasteiger charge is 2.15. The van der Waals surface area contributed by atoms with Crippen LogP contribution in [0.15, 0.2) is 41.3 Å². The molecule has 0 aromatic heterocycles. The third-order valence-corrected chi connectivity index (χ3v) is 3.30. The van der Waals surface area contributed by atoms with E-state index >= 15 is 0 Å². The van der Waals surface area contributed by atoms with Crippen LogP contribution in [-0.2, 0) is 10.1 Å². The van der Waals surface area contributed by atoms with E-state index in [-0.39, 0.29) is 15.8 Å². The van der Waals surface area contributed by atoms with Crippen molar-refractivity contribution < 1.29 is 23.9 Å². The molecule has 0 saturated carbocycles. The highest BCUT2D eigenvalue weighted by atomic mass is 35.5. The molecule has 0 aliphatic carbocycles. The largest absolute Gasteiger partial charge is 0.412 e. The van der Waals surface area contributed by atoms with Crippen molar-refractivity contribution in [1.82, 2.24) is 0 Å². The zero-order chi connectivity index (χ0) is 11.1. The van der Waals surface area contributed by atoms with Gasteiger partial charge in [-0.15, -0.1) is 0 Å². The van der Waals surface area contributed by atoms with E-state index in [1.54, 1.807) is 30.3 Å². The van der Waals surface area contributed by atoms with Gasteiger partial charge in [0, 0.05) is 10.4 Å². The maximum absolute atomic E-state index is 11.1. The van der Waals surface area contributed by atoms with Gasteiger partial charge in [-0.2, -0.15) is 8.42 Å². The predicted molar refractivity (Wildman–Crippen MR) is 66.0 cm³/mol. The molecule has 2 aromatic rings. The first-order valence-electron chi connectivity index (χ1n) is 4.15. The van der Waals surface area contributed by atoms with Crippen LogP contribution in [0.5, 0.6) is 0 Å². The Morgan fingerprint density at radius 1 is 1.00 bits per heavy atom. The summed E-state index contributed by atoms with van der Waals surface area (Å²) in [6.45, 7) is 0. The first-order valence-corrected chi connectivity index (χ1v) is 5.97. The topological polar surface area (TPSA) is 117 Å². The lowest BCUT2D eigenvalue weighted by molar-refractivity contribution is 0.484. The number of fused-ring (bicyclic) bond motifs is 1. The summed E-state index contributed by atoms with van der Waals surface area (Å²) in [4.78, 5) is -0.161. The van der Waals surface area contributed by atoms with Gasteiger partial charge in [0.15, 0.2) is 0 Å². The highest BCUT2D eigenvalue weighted by Crippen LogP contribution is 2.29. The van der Waals surface area contributed by atoms with Crippen LogP contribution in [-0.4, -0.2) is 23.9 Å². The molecule has 0 unspecified atom stereocenters. The zero-order valence-corrected chi connectivity index (χ0v) is 10.1. The lowest BCUT2D eigenvalue weighted by atomic mass is 10.1. The minimum Gasteiger partial charge on any atom is -0.412 e. The third kappa shape index (κ3) is 2.93. The second-order valence-corrected chi connectivity index (χ2v) is 4.87. The number of rotatable bonds is 1. The van der Waals surface area contributed by atoms with Crippen LogP contribution >= 0.6 is 11.6 Å². The number of benzene rings is 2. The van der Waals surface area contributed by atoms with Gasteiger partial charge in [-0.1, -0.05) is 35.9 Å². The number of hydrogen-bond donors (Lipinski definition) is 1. The van der Waals surface area contributed by atoms with Gasteiger partial charge < -0.3 is 11.0 Å². The van der Waals surface area contributed by atoms with E-state index in [1.807, 2.05) is 0 Å². The Bertz CT molecular complexity index is 618. The molecule has 94 valence electrons. The van der Waals surface area contributed by atoms with Crippen molar-refractivity contribution in [3.05, 3.63) is 41.4 Å². The fourth-order valence-electron chi connectivity index (χ4n) is 1.48. The molecule has 0 radical (unpaired) electrons. The van der Waals surface area contributed by atoms with Gasteiger partial charge in [0.25, 0.3) is 10.1 Å². The Labute approximate surface area is 103 Å². The summed E-state index contributed by atoms with van der Waals surface area (Å²) in [6, 6.07) is 9.65. The van der Waals surface area contributed by atoms with Crippen molar-refractivity contribution in [3.63, 3.8) is 0 Å². The van der Waals surface area contributed by atoms with Crippen molar-refractivity contribution in [1.29, 1.82) is 0 Å². The molecule has 5 N–H and O–H groups in total. The van der Waals surface area contributed by atoms with E-state index in [1.165, 1.54) is 6.07 Å². The first-order chi connectivity index (χ1) is 7.00. The van der Waals surface area contributed by atoms with Gasteiger partial charge in [0.1, 0.15) is 4.90 Å². The molecule has 5 nitrogen and oxygen atoms in total. The minimum absolute atomic E-state index is 0. The molecule has 0 amide bonds. The van der Waals surface area contributed by atoms with Gasteiger partial charge in [-0.25, -0.2) is 0 Å². The zero-order valence-electron chi connectivity index (χ0n) is 8.51. The molecule has 0 fully saturated rings. The molecule has 0 spiro atoms. The summed E-state index contributed by atoms with van der Waals surface area (Å²) in [5, 5.41) is 1.34. The van der Waals surface area contributed by atoms with Crippen LogP contribution < -0.4 is 0 Å². The Kier molecular flexibility index (Phi) is 5.06. The van der Waals surface area contributed by atoms with Gasteiger partial charge in [0.05, 0.1) is 0 Å². The fourth-order valence-corrected chi connectivity index (χ4v) is 2.55.